The molecular formula is C16H23FN2O. The van der Waals surface area contributed by atoms with Crippen LogP contribution < -0.4 is 11.1 Å². The third-order valence-corrected chi connectivity index (χ3v) is 4.38. The number of nitrogens with two attached hydrogens (primary N) is 1. The van der Waals surface area contributed by atoms with Gasteiger partial charge in [0.2, 0.25) is 5.91 Å². The van der Waals surface area contributed by atoms with E-state index in [-0.39, 0.29) is 16.8 Å². The second-order valence-electron chi connectivity index (χ2n) is 6.34. The molecular weight excluding hydrogens is 255 g/mol. The topological polar surface area (TPSA) is 55.1 Å². The van der Waals surface area contributed by atoms with E-state index in [1.165, 1.54) is 25.3 Å². The number of nitrogens with one attached hydrogen (secondary N) is 1. The lowest BCUT2D eigenvalue weighted by Gasteiger charge is -2.39. The van der Waals surface area contributed by atoms with Gasteiger partial charge in [0, 0.05) is 23.7 Å². The summed E-state index contributed by atoms with van der Waals surface area (Å²) < 4.78 is 13.9. The van der Waals surface area contributed by atoms with Crippen LogP contribution in [0.25, 0.3) is 0 Å². The third kappa shape index (κ3) is 3.37. The summed E-state index contributed by atoms with van der Waals surface area (Å²) in [7, 11) is 0. The van der Waals surface area contributed by atoms with E-state index in [9.17, 15) is 9.18 Å². The van der Waals surface area contributed by atoms with Crippen molar-refractivity contribution in [2.45, 2.75) is 52.1 Å². The summed E-state index contributed by atoms with van der Waals surface area (Å²) in [5.41, 5.74) is 6.18. The van der Waals surface area contributed by atoms with Crippen molar-refractivity contribution in [3.05, 3.63) is 35.1 Å². The van der Waals surface area contributed by atoms with Crippen LogP contribution in [0, 0.1) is 11.2 Å². The quantitative estimate of drug-likeness (QED) is 0.889. The summed E-state index contributed by atoms with van der Waals surface area (Å²) in [6.45, 7) is 5.01. The lowest BCUT2D eigenvalue weighted by molar-refractivity contribution is 0.1000. The first-order valence-corrected chi connectivity index (χ1v) is 7.22. The maximum Gasteiger partial charge on any atom is 0.248 e. The number of primary amides is 1. The van der Waals surface area contributed by atoms with Crippen LogP contribution in [-0.2, 0) is 6.54 Å². The van der Waals surface area contributed by atoms with Crippen molar-refractivity contribution in [3.63, 3.8) is 0 Å². The van der Waals surface area contributed by atoms with E-state index in [2.05, 4.69) is 19.2 Å². The van der Waals surface area contributed by atoms with Crippen LogP contribution >= 0.6 is 0 Å². The molecule has 0 aliphatic heterocycles. The van der Waals surface area contributed by atoms with Gasteiger partial charge < -0.3 is 11.1 Å². The molecule has 2 rings (SSSR count). The van der Waals surface area contributed by atoms with E-state index in [1.807, 2.05) is 0 Å². The average Bonchev–Trinajstić information content (AvgIpc) is 2.38. The molecule has 1 unspecified atom stereocenters. The number of benzene rings is 1. The molecule has 1 saturated carbocycles. The van der Waals surface area contributed by atoms with Crippen LogP contribution in [0.1, 0.15) is 55.5 Å². The summed E-state index contributed by atoms with van der Waals surface area (Å²) in [5.74, 6) is -0.973. The first-order chi connectivity index (χ1) is 9.40. The van der Waals surface area contributed by atoms with Gasteiger partial charge in [0.05, 0.1) is 0 Å². The van der Waals surface area contributed by atoms with Gasteiger partial charge in [-0.1, -0.05) is 32.8 Å². The van der Waals surface area contributed by atoms with Crippen LogP contribution in [0.5, 0.6) is 0 Å². The van der Waals surface area contributed by atoms with E-state index in [4.69, 9.17) is 5.73 Å². The zero-order valence-corrected chi connectivity index (χ0v) is 12.2. The Bertz CT molecular complexity index is 499. The van der Waals surface area contributed by atoms with Crippen molar-refractivity contribution >= 4 is 5.91 Å². The molecule has 1 aliphatic rings. The minimum absolute atomic E-state index is 0.212. The smallest absolute Gasteiger partial charge is 0.248 e. The molecule has 0 heterocycles. The van der Waals surface area contributed by atoms with Crippen molar-refractivity contribution in [2.24, 2.45) is 11.1 Å². The standard InChI is InChI=1S/C16H23FN2O/c1-16(2)8-4-3-5-14(16)19-10-12-7-6-11(15(18)20)9-13(12)17/h6-7,9,14,19H,3-5,8,10H2,1-2H3,(H2,18,20). The van der Waals surface area contributed by atoms with Crippen molar-refractivity contribution in [1.29, 1.82) is 0 Å². The normalized spacial score (nSPS) is 21.6. The fourth-order valence-electron chi connectivity index (χ4n) is 2.95. The van der Waals surface area contributed by atoms with Gasteiger partial charge in [-0.05, 0) is 30.4 Å². The first kappa shape index (κ1) is 15.0. The van der Waals surface area contributed by atoms with E-state index in [0.717, 1.165) is 6.42 Å². The third-order valence-electron chi connectivity index (χ3n) is 4.38. The molecule has 1 aromatic rings. The van der Waals surface area contributed by atoms with Crippen LogP contribution in [0.2, 0.25) is 0 Å². The Morgan fingerprint density at radius 2 is 2.20 bits per heavy atom. The summed E-state index contributed by atoms with van der Waals surface area (Å²) in [6, 6.07) is 4.84. The van der Waals surface area contributed by atoms with Crippen LogP contribution in [0.15, 0.2) is 18.2 Å². The summed E-state index contributed by atoms with van der Waals surface area (Å²) in [5, 5.41) is 3.46. The molecule has 110 valence electrons. The lowest BCUT2D eigenvalue weighted by Crippen LogP contribution is -2.43. The maximum absolute atomic E-state index is 13.9. The minimum atomic E-state index is -0.600. The molecule has 1 amide bonds. The van der Waals surface area contributed by atoms with Gasteiger partial charge in [0.15, 0.2) is 0 Å². The number of amides is 1. The van der Waals surface area contributed by atoms with Gasteiger partial charge in [-0.2, -0.15) is 0 Å². The molecule has 0 spiro atoms. The summed E-state index contributed by atoms with van der Waals surface area (Å²) >= 11 is 0. The van der Waals surface area contributed by atoms with Crippen molar-refractivity contribution in [1.82, 2.24) is 5.32 Å². The predicted octanol–water partition coefficient (Wildman–Crippen LogP) is 2.98. The van der Waals surface area contributed by atoms with E-state index >= 15 is 0 Å². The van der Waals surface area contributed by atoms with Crippen LogP contribution in [-0.4, -0.2) is 11.9 Å². The minimum Gasteiger partial charge on any atom is -0.366 e. The van der Waals surface area contributed by atoms with Crippen molar-refractivity contribution in [3.8, 4) is 0 Å². The molecule has 1 fully saturated rings. The molecule has 3 N–H and O–H groups in total. The second kappa shape index (κ2) is 5.92. The Hall–Kier alpha value is -1.42. The van der Waals surface area contributed by atoms with Gasteiger partial charge in [-0.25, -0.2) is 4.39 Å². The Morgan fingerprint density at radius 3 is 2.80 bits per heavy atom. The molecule has 0 bridgehead atoms. The van der Waals surface area contributed by atoms with Gasteiger partial charge in [-0.3, -0.25) is 4.79 Å². The van der Waals surface area contributed by atoms with Crippen LogP contribution in [0.3, 0.4) is 0 Å². The SMILES string of the molecule is CC1(C)CCCCC1NCc1ccc(C(N)=O)cc1F. The Labute approximate surface area is 119 Å². The number of carbonyl (C=O) groups is 1. The van der Waals surface area contributed by atoms with E-state index in [1.54, 1.807) is 12.1 Å². The molecule has 0 aromatic heterocycles. The Balaban J connectivity index is 2.02. The number of rotatable bonds is 4. The molecule has 0 saturated heterocycles. The fourth-order valence-corrected chi connectivity index (χ4v) is 2.95. The Morgan fingerprint density at radius 1 is 1.45 bits per heavy atom. The largest absolute Gasteiger partial charge is 0.366 e. The van der Waals surface area contributed by atoms with Gasteiger partial charge in [0.25, 0.3) is 0 Å². The van der Waals surface area contributed by atoms with Gasteiger partial charge >= 0.3 is 0 Å². The number of carbonyl (C=O) groups excluding carboxylic acids is 1. The highest BCUT2D eigenvalue weighted by atomic mass is 19.1. The van der Waals surface area contributed by atoms with Crippen molar-refractivity contribution in [2.75, 3.05) is 0 Å². The molecule has 1 aliphatic carbocycles. The number of halogens is 1. The van der Waals surface area contributed by atoms with Crippen LogP contribution in [0.4, 0.5) is 4.39 Å². The zero-order valence-electron chi connectivity index (χ0n) is 12.2. The number of hydrogen-bond acceptors (Lipinski definition) is 2. The molecule has 0 radical (unpaired) electrons. The molecule has 20 heavy (non-hydrogen) atoms. The van der Waals surface area contributed by atoms with E-state index in [0.29, 0.717) is 18.2 Å². The van der Waals surface area contributed by atoms with E-state index < -0.39 is 5.91 Å². The summed E-state index contributed by atoms with van der Waals surface area (Å²) in [6.07, 6.45) is 4.83. The summed E-state index contributed by atoms with van der Waals surface area (Å²) in [4.78, 5) is 11.0. The number of hydrogen-bond donors (Lipinski definition) is 2. The average molecular weight is 278 g/mol. The molecule has 3 nitrogen and oxygen atoms in total. The predicted molar refractivity (Wildman–Crippen MR) is 77.8 cm³/mol. The second-order valence-corrected chi connectivity index (χ2v) is 6.34. The lowest BCUT2D eigenvalue weighted by atomic mass is 9.73. The van der Waals surface area contributed by atoms with Crippen molar-refractivity contribution < 1.29 is 9.18 Å². The monoisotopic (exact) mass is 278 g/mol. The Kier molecular flexibility index (Phi) is 4.43. The highest BCUT2D eigenvalue weighted by Gasteiger charge is 2.31. The fraction of sp³-hybridized carbons (Fsp3) is 0.562. The highest BCUT2D eigenvalue weighted by molar-refractivity contribution is 5.92. The highest BCUT2D eigenvalue weighted by Crippen LogP contribution is 2.35. The van der Waals surface area contributed by atoms with Gasteiger partial charge in [-0.15, -0.1) is 0 Å². The molecule has 1 atom stereocenters. The first-order valence-electron chi connectivity index (χ1n) is 7.22. The molecule has 4 heteroatoms. The maximum atomic E-state index is 13.9. The molecule has 1 aromatic carbocycles. The zero-order chi connectivity index (χ0) is 14.8. The van der Waals surface area contributed by atoms with Gasteiger partial charge in [0.1, 0.15) is 5.82 Å².